The molecule has 0 aliphatic carbocycles. The van der Waals surface area contributed by atoms with Crippen LogP contribution in [0.25, 0.3) is 78.1 Å². The summed E-state index contributed by atoms with van der Waals surface area (Å²) < 4.78 is 0. The second kappa shape index (κ2) is 12.1. The third-order valence-corrected chi connectivity index (χ3v) is 8.44. The molecule has 0 fully saturated rings. The van der Waals surface area contributed by atoms with Crippen LogP contribution >= 0.6 is 0 Å². The van der Waals surface area contributed by atoms with Gasteiger partial charge < -0.3 is 0 Å². The predicted octanol–water partition coefficient (Wildman–Crippen LogP) is 11.6. The van der Waals surface area contributed by atoms with Gasteiger partial charge in [0.1, 0.15) is 0 Å². The highest BCUT2D eigenvalue weighted by molar-refractivity contribution is 5.86. The van der Waals surface area contributed by atoms with Gasteiger partial charge >= 0.3 is 0 Å². The van der Waals surface area contributed by atoms with Crippen molar-refractivity contribution in [2.24, 2.45) is 0 Å². The Morgan fingerprint density at radius 1 is 0.239 bits per heavy atom. The van der Waals surface area contributed by atoms with Gasteiger partial charge in [0.2, 0.25) is 0 Å². The van der Waals surface area contributed by atoms with Crippen LogP contribution in [-0.2, 0) is 0 Å². The Balaban J connectivity index is 1.25. The van der Waals surface area contributed by atoms with Gasteiger partial charge in [-0.05, 0) is 105 Å². The topological polar surface area (TPSA) is 25.8 Å². The van der Waals surface area contributed by atoms with Crippen LogP contribution in [0.1, 0.15) is 0 Å². The van der Waals surface area contributed by atoms with Crippen molar-refractivity contribution in [2.45, 2.75) is 0 Å². The van der Waals surface area contributed by atoms with E-state index in [1.54, 1.807) is 0 Å². The number of pyridine rings is 2. The van der Waals surface area contributed by atoms with Crippen LogP contribution in [0.15, 0.2) is 182 Å². The molecule has 8 aromatic rings. The Labute approximate surface area is 269 Å². The zero-order valence-electron chi connectivity index (χ0n) is 25.2. The van der Waals surface area contributed by atoms with E-state index < -0.39 is 0 Å². The minimum absolute atomic E-state index is 0.729. The Morgan fingerprint density at radius 3 is 0.826 bits per heavy atom. The van der Waals surface area contributed by atoms with Crippen LogP contribution in [-0.4, -0.2) is 9.97 Å². The third kappa shape index (κ3) is 5.60. The van der Waals surface area contributed by atoms with Crippen molar-refractivity contribution in [3.63, 3.8) is 0 Å². The number of aromatic nitrogens is 2. The van der Waals surface area contributed by atoms with E-state index in [-0.39, 0.29) is 0 Å². The SMILES string of the molecule is c1ccc(-c2cc(-c3ccccc3)cc(-c3ccc4ccc(-c5cc(-c6ccccc6)cc(-c6ccccc6)c5)nc4n3)c2)cc1. The quantitative estimate of drug-likeness (QED) is 0.194. The van der Waals surface area contributed by atoms with Crippen molar-refractivity contribution in [3.05, 3.63) is 182 Å². The molecule has 2 heteroatoms. The molecular formula is C44H30N2. The molecular weight excluding hydrogens is 556 g/mol. The van der Waals surface area contributed by atoms with Gasteiger partial charge in [0.05, 0.1) is 11.4 Å². The fraction of sp³-hybridized carbons (Fsp3) is 0. The molecule has 0 N–H and O–H groups in total. The predicted molar refractivity (Wildman–Crippen MR) is 192 cm³/mol. The van der Waals surface area contributed by atoms with Crippen molar-refractivity contribution in [1.29, 1.82) is 0 Å². The molecule has 0 saturated carbocycles. The van der Waals surface area contributed by atoms with Gasteiger partial charge in [-0.2, -0.15) is 0 Å². The molecule has 0 bridgehead atoms. The van der Waals surface area contributed by atoms with Gasteiger partial charge in [0.15, 0.2) is 5.65 Å². The second-order valence-corrected chi connectivity index (χ2v) is 11.5. The molecule has 0 spiro atoms. The minimum Gasteiger partial charge on any atom is -0.228 e. The summed E-state index contributed by atoms with van der Waals surface area (Å²) in [4.78, 5) is 10.3. The molecule has 0 unspecified atom stereocenters. The van der Waals surface area contributed by atoms with Crippen molar-refractivity contribution in [1.82, 2.24) is 9.97 Å². The van der Waals surface area contributed by atoms with E-state index >= 15 is 0 Å². The summed E-state index contributed by atoms with van der Waals surface area (Å²) in [6.07, 6.45) is 0. The Bertz CT molecular complexity index is 2000. The normalized spacial score (nSPS) is 11.0. The van der Waals surface area contributed by atoms with Gasteiger partial charge in [0.25, 0.3) is 0 Å². The molecule has 46 heavy (non-hydrogen) atoms. The lowest BCUT2D eigenvalue weighted by Crippen LogP contribution is -1.93. The summed E-state index contributed by atoms with van der Waals surface area (Å²) in [5.74, 6) is 0. The van der Waals surface area contributed by atoms with E-state index in [9.17, 15) is 0 Å². The minimum atomic E-state index is 0.729. The number of benzene rings is 6. The van der Waals surface area contributed by atoms with E-state index in [1.807, 2.05) is 0 Å². The fourth-order valence-electron chi connectivity index (χ4n) is 6.06. The van der Waals surface area contributed by atoms with Gasteiger partial charge in [-0.25, -0.2) is 9.97 Å². The van der Waals surface area contributed by atoms with Crippen LogP contribution in [0.4, 0.5) is 0 Å². The first-order chi connectivity index (χ1) is 22.8. The smallest absolute Gasteiger partial charge is 0.160 e. The van der Waals surface area contributed by atoms with Crippen molar-refractivity contribution >= 4 is 11.0 Å². The maximum atomic E-state index is 5.15. The summed E-state index contributed by atoms with van der Waals surface area (Å²) in [7, 11) is 0. The zero-order valence-corrected chi connectivity index (χ0v) is 25.2. The number of fused-ring (bicyclic) bond motifs is 1. The Morgan fingerprint density at radius 2 is 0.522 bits per heavy atom. The highest BCUT2D eigenvalue weighted by Crippen LogP contribution is 2.35. The molecule has 6 aromatic carbocycles. The van der Waals surface area contributed by atoms with E-state index in [0.29, 0.717) is 0 Å². The van der Waals surface area contributed by atoms with Crippen LogP contribution in [0.2, 0.25) is 0 Å². The monoisotopic (exact) mass is 586 g/mol. The summed E-state index contributed by atoms with van der Waals surface area (Å²) in [5, 5.41) is 1.01. The van der Waals surface area contributed by atoms with Gasteiger partial charge in [0, 0.05) is 16.5 Å². The lowest BCUT2D eigenvalue weighted by molar-refractivity contribution is 1.29. The first kappa shape index (κ1) is 27.4. The summed E-state index contributed by atoms with van der Waals surface area (Å²) in [6, 6.07) is 64.0. The summed E-state index contributed by atoms with van der Waals surface area (Å²) >= 11 is 0. The molecule has 0 aliphatic heterocycles. The summed E-state index contributed by atoms with van der Waals surface area (Å²) in [5.41, 5.74) is 14.0. The molecule has 0 atom stereocenters. The molecule has 0 saturated heterocycles. The lowest BCUT2D eigenvalue weighted by Gasteiger charge is -2.12. The highest BCUT2D eigenvalue weighted by Gasteiger charge is 2.12. The molecule has 2 aromatic heterocycles. The molecule has 8 rings (SSSR count). The Hall–Kier alpha value is -6.12. The number of rotatable bonds is 6. The molecule has 216 valence electrons. The van der Waals surface area contributed by atoms with E-state index in [0.717, 1.165) is 55.8 Å². The average molecular weight is 587 g/mol. The molecule has 0 amide bonds. The van der Waals surface area contributed by atoms with Gasteiger partial charge in [-0.1, -0.05) is 121 Å². The molecule has 0 radical (unpaired) electrons. The first-order valence-corrected chi connectivity index (χ1v) is 15.6. The standard InChI is InChI=1S/C44H30N2/c1-5-13-31(14-6-1)36-25-37(32-15-7-2-8-16-32)28-40(27-36)42-23-21-35-22-24-43(46-44(35)45-42)41-29-38(33-17-9-3-10-18-33)26-39(30-41)34-19-11-4-12-20-34/h1-30H. The first-order valence-electron chi connectivity index (χ1n) is 15.6. The zero-order chi connectivity index (χ0) is 30.7. The van der Waals surface area contributed by atoms with E-state index in [4.69, 9.17) is 9.97 Å². The fourth-order valence-corrected chi connectivity index (χ4v) is 6.06. The van der Waals surface area contributed by atoms with Gasteiger partial charge in [-0.3, -0.25) is 0 Å². The van der Waals surface area contributed by atoms with Gasteiger partial charge in [-0.15, -0.1) is 0 Å². The van der Waals surface area contributed by atoms with E-state index in [2.05, 4.69) is 182 Å². The van der Waals surface area contributed by atoms with Crippen molar-refractivity contribution in [2.75, 3.05) is 0 Å². The van der Waals surface area contributed by atoms with Crippen molar-refractivity contribution in [3.8, 4) is 67.0 Å². The highest BCUT2D eigenvalue weighted by atomic mass is 14.9. The van der Waals surface area contributed by atoms with E-state index in [1.165, 1.54) is 22.3 Å². The third-order valence-electron chi connectivity index (χ3n) is 8.44. The number of hydrogen-bond acceptors (Lipinski definition) is 2. The largest absolute Gasteiger partial charge is 0.228 e. The van der Waals surface area contributed by atoms with Crippen molar-refractivity contribution < 1.29 is 0 Å². The molecule has 2 nitrogen and oxygen atoms in total. The van der Waals surface area contributed by atoms with Crippen LogP contribution in [0, 0.1) is 0 Å². The lowest BCUT2D eigenvalue weighted by atomic mass is 9.94. The molecule has 2 heterocycles. The second-order valence-electron chi connectivity index (χ2n) is 11.5. The average Bonchev–Trinajstić information content (AvgIpc) is 3.15. The maximum absolute atomic E-state index is 5.15. The van der Waals surface area contributed by atoms with Crippen LogP contribution in [0.3, 0.4) is 0 Å². The maximum Gasteiger partial charge on any atom is 0.160 e. The number of hydrogen-bond donors (Lipinski definition) is 0. The Kier molecular flexibility index (Phi) is 7.22. The van der Waals surface area contributed by atoms with Crippen LogP contribution < -0.4 is 0 Å². The molecule has 0 aliphatic rings. The summed E-state index contributed by atoms with van der Waals surface area (Å²) in [6.45, 7) is 0. The van der Waals surface area contributed by atoms with Crippen LogP contribution in [0.5, 0.6) is 0 Å². The number of nitrogens with zero attached hydrogens (tertiary/aromatic N) is 2.